The van der Waals surface area contributed by atoms with Gasteiger partial charge in [-0.25, -0.2) is 0 Å². The fourth-order valence-corrected chi connectivity index (χ4v) is 1.53. The van der Waals surface area contributed by atoms with E-state index < -0.39 is 17.3 Å². The number of rotatable bonds is 4. The summed E-state index contributed by atoms with van der Waals surface area (Å²) in [6.07, 6.45) is -3.25. The Morgan fingerprint density at radius 3 is 2.12 bits per heavy atom. The molecule has 0 bridgehead atoms. The predicted octanol–water partition coefficient (Wildman–Crippen LogP) is 2.77. The van der Waals surface area contributed by atoms with Crippen molar-refractivity contribution in [2.24, 2.45) is 0 Å². The van der Waals surface area contributed by atoms with Crippen LogP contribution in [0.2, 0.25) is 0 Å². The van der Waals surface area contributed by atoms with Gasteiger partial charge in [-0.3, -0.25) is 4.79 Å². The summed E-state index contributed by atoms with van der Waals surface area (Å²) in [5, 5.41) is 2.61. The molecule has 0 aliphatic heterocycles. The minimum absolute atomic E-state index is 0.471. The van der Waals surface area contributed by atoms with E-state index in [1.807, 2.05) is 0 Å². The molecular weight excluding hydrogens is 231 g/mol. The van der Waals surface area contributed by atoms with Gasteiger partial charge < -0.3 is 5.32 Å². The van der Waals surface area contributed by atoms with Crippen molar-refractivity contribution in [3.63, 3.8) is 0 Å². The van der Waals surface area contributed by atoms with Gasteiger partial charge in [0.25, 0.3) is 0 Å². The van der Waals surface area contributed by atoms with E-state index in [0.717, 1.165) is 17.7 Å². The fraction of sp³-hybridized carbons (Fsp3) is 0.417. The van der Waals surface area contributed by atoms with E-state index in [9.17, 15) is 18.0 Å². The van der Waals surface area contributed by atoms with Crippen molar-refractivity contribution in [3.8, 4) is 0 Å². The second-order valence-electron chi connectivity index (χ2n) is 4.52. The quantitative estimate of drug-likeness (QED) is 0.812. The maximum atomic E-state index is 12.3. The molecule has 0 atom stereocenters. The lowest BCUT2D eigenvalue weighted by atomic mass is 9.94. The van der Waals surface area contributed by atoms with Gasteiger partial charge >= 0.3 is 6.18 Å². The molecule has 5 heteroatoms. The topological polar surface area (TPSA) is 29.1 Å². The van der Waals surface area contributed by atoms with Crippen molar-refractivity contribution in [3.05, 3.63) is 35.4 Å². The van der Waals surface area contributed by atoms with E-state index in [1.165, 1.54) is 12.1 Å². The first-order valence-corrected chi connectivity index (χ1v) is 5.12. The molecule has 0 saturated heterocycles. The van der Waals surface area contributed by atoms with Gasteiger partial charge in [0.05, 0.1) is 5.56 Å². The number of hydrogen-bond donors (Lipinski definition) is 1. The number of hydrogen-bond acceptors (Lipinski definition) is 1. The molecule has 0 heterocycles. The zero-order valence-electron chi connectivity index (χ0n) is 9.64. The Balaban J connectivity index is 2.79. The summed E-state index contributed by atoms with van der Waals surface area (Å²) in [7, 11) is 0. The summed E-state index contributed by atoms with van der Waals surface area (Å²) < 4.78 is 37.0. The molecule has 94 valence electrons. The highest BCUT2D eigenvalue weighted by atomic mass is 19.4. The average Bonchev–Trinajstić information content (AvgIpc) is 2.16. The highest BCUT2D eigenvalue weighted by Gasteiger charge is 2.30. The molecule has 2 nitrogen and oxygen atoms in total. The normalized spacial score (nSPS) is 12.3. The van der Waals surface area contributed by atoms with Crippen molar-refractivity contribution < 1.29 is 18.0 Å². The predicted molar refractivity (Wildman–Crippen MR) is 58.4 cm³/mol. The van der Waals surface area contributed by atoms with Crippen LogP contribution in [-0.4, -0.2) is 11.9 Å². The van der Waals surface area contributed by atoms with Crippen LogP contribution in [0.1, 0.15) is 25.0 Å². The SMILES string of the molecule is CC(C)(Cc1ccc(C(F)(F)F)cc1)NC=O. The number of benzene rings is 1. The molecule has 0 spiro atoms. The maximum Gasteiger partial charge on any atom is 0.416 e. The number of amides is 1. The van der Waals surface area contributed by atoms with Crippen LogP contribution in [0, 0.1) is 0 Å². The van der Waals surface area contributed by atoms with Gasteiger partial charge in [-0.2, -0.15) is 13.2 Å². The van der Waals surface area contributed by atoms with Gasteiger partial charge in [0, 0.05) is 5.54 Å². The summed E-state index contributed by atoms with van der Waals surface area (Å²) in [5.41, 5.74) is -0.388. The summed E-state index contributed by atoms with van der Waals surface area (Å²) in [5.74, 6) is 0. The van der Waals surface area contributed by atoms with Gasteiger partial charge in [-0.15, -0.1) is 0 Å². The van der Waals surface area contributed by atoms with Crippen LogP contribution < -0.4 is 5.32 Å². The third kappa shape index (κ3) is 4.09. The first-order chi connectivity index (χ1) is 7.74. The number of carbonyl (C=O) groups excluding carboxylic acids is 1. The van der Waals surface area contributed by atoms with Crippen LogP contribution in [0.3, 0.4) is 0 Å². The number of alkyl halides is 3. The van der Waals surface area contributed by atoms with Crippen molar-refractivity contribution in [1.82, 2.24) is 5.32 Å². The lowest BCUT2D eigenvalue weighted by Crippen LogP contribution is -2.40. The molecule has 0 fully saturated rings. The van der Waals surface area contributed by atoms with Crippen LogP contribution in [-0.2, 0) is 17.4 Å². The highest BCUT2D eigenvalue weighted by Crippen LogP contribution is 2.29. The minimum atomic E-state index is -4.31. The number of nitrogens with one attached hydrogen (secondary N) is 1. The Morgan fingerprint density at radius 2 is 1.71 bits per heavy atom. The van der Waals surface area contributed by atoms with Gasteiger partial charge in [-0.05, 0) is 38.0 Å². The second-order valence-corrected chi connectivity index (χ2v) is 4.52. The molecule has 1 amide bonds. The smallest absolute Gasteiger partial charge is 0.353 e. The molecule has 0 aromatic heterocycles. The van der Waals surface area contributed by atoms with Crippen LogP contribution in [0.5, 0.6) is 0 Å². The highest BCUT2D eigenvalue weighted by molar-refractivity contribution is 5.48. The average molecular weight is 245 g/mol. The third-order valence-electron chi connectivity index (χ3n) is 2.38. The van der Waals surface area contributed by atoms with Gasteiger partial charge in [-0.1, -0.05) is 12.1 Å². The standard InChI is InChI=1S/C12H14F3NO/c1-11(2,16-8-17)7-9-3-5-10(6-4-9)12(13,14)15/h3-6,8H,7H2,1-2H3,(H,16,17). The van der Waals surface area contributed by atoms with Crippen molar-refractivity contribution in [2.45, 2.75) is 32.0 Å². The lowest BCUT2D eigenvalue weighted by Gasteiger charge is -2.24. The van der Waals surface area contributed by atoms with Crippen LogP contribution in [0.15, 0.2) is 24.3 Å². The summed E-state index contributed by atoms with van der Waals surface area (Å²) in [4.78, 5) is 10.3. The Bertz CT molecular complexity index is 382. The van der Waals surface area contributed by atoms with E-state index in [-0.39, 0.29) is 0 Å². The maximum absolute atomic E-state index is 12.3. The monoisotopic (exact) mass is 245 g/mol. The molecule has 0 unspecified atom stereocenters. The van der Waals surface area contributed by atoms with E-state index >= 15 is 0 Å². The summed E-state index contributed by atoms with van der Waals surface area (Å²) in [6, 6.07) is 4.95. The first kappa shape index (κ1) is 13.5. The van der Waals surface area contributed by atoms with Crippen molar-refractivity contribution >= 4 is 6.41 Å². The molecular formula is C12H14F3NO. The molecule has 0 aliphatic carbocycles. The molecule has 0 aliphatic rings. The summed E-state index contributed by atoms with van der Waals surface area (Å²) in [6.45, 7) is 3.61. The Hall–Kier alpha value is -1.52. The van der Waals surface area contributed by atoms with Crippen LogP contribution in [0.4, 0.5) is 13.2 Å². The van der Waals surface area contributed by atoms with Gasteiger partial charge in [0.2, 0.25) is 6.41 Å². The zero-order chi connectivity index (χ0) is 13.1. The Labute approximate surface area is 97.8 Å². The Kier molecular flexibility index (Phi) is 3.80. The van der Waals surface area contributed by atoms with Gasteiger partial charge in [0.15, 0.2) is 0 Å². The van der Waals surface area contributed by atoms with E-state index in [4.69, 9.17) is 0 Å². The van der Waals surface area contributed by atoms with E-state index in [1.54, 1.807) is 13.8 Å². The van der Waals surface area contributed by atoms with Crippen LogP contribution in [0.25, 0.3) is 0 Å². The van der Waals surface area contributed by atoms with Crippen molar-refractivity contribution in [2.75, 3.05) is 0 Å². The number of halogens is 3. The third-order valence-corrected chi connectivity index (χ3v) is 2.38. The van der Waals surface area contributed by atoms with E-state index in [0.29, 0.717) is 12.8 Å². The fourth-order valence-electron chi connectivity index (χ4n) is 1.53. The largest absolute Gasteiger partial charge is 0.416 e. The second kappa shape index (κ2) is 4.77. The molecule has 0 radical (unpaired) electrons. The molecule has 1 N–H and O–H groups in total. The van der Waals surface area contributed by atoms with Crippen molar-refractivity contribution in [1.29, 1.82) is 0 Å². The minimum Gasteiger partial charge on any atom is -0.353 e. The van der Waals surface area contributed by atoms with E-state index in [2.05, 4.69) is 5.32 Å². The van der Waals surface area contributed by atoms with Crippen LogP contribution >= 0.6 is 0 Å². The molecule has 17 heavy (non-hydrogen) atoms. The zero-order valence-corrected chi connectivity index (χ0v) is 9.64. The molecule has 0 saturated carbocycles. The lowest BCUT2D eigenvalue weighted by molar-refractivity contribution is -0.137. The molecule has 1 aromatic rings. The molecule has 1 aromatic carbocycles. The first-order valence-electron chi connectivity index (χ1n) is 5.12. The molecule has 1 rings (SSSR count). The van der Waals surface area contributed by atoms with Gasteiger partial charge in [0.1, 0.15) is 0 Å². The Morgan fingerprint density at radius 1 is 1.18 bits per heavy atom. The number of carbonyl (C=O) groups is 1. The summed E-state index contributed by atoms with van der Waals surface area (Å²) >= 11 is 0.